The maximum absolute atomic E-state index is 6.43. The lowest BCUT2D eigenvalue weighted by atomic mass is 9.95. The summed E-state index contributed by atoms with van der Waals surface area (Å²) in [6, 6.07) is 8.58. The largest absolute Gasteiger partial charge is 0.326 e. The van der Waals surface area contributed by atoms with Gasteiger partial charge in [-0.25, -0.2) is 0 Å². The Kier molecular flexibility index (Phi) is 5.41. The van der Waals surface area contributed by atoms with Crippen molar-refractivity contribution in [1.29, 1.82) is 0 Å². The van der Waals surface area contributed by atoms with Gasteiger partial charge in [-0.15, -0.1) is 0 Å². The first-order valence-electron chi connectivity index (χ1n) is 7.32. The smallest absolute Gasteiger partial charge is 0.0500 e. The zero-order valence-electron chi connectivity index (χ0n) is 12.6. The van der Waals surface area contributed by atoms with E-state index in [0.717, 1.165) is 24.5 Å². The maximum atomic E-state index is 6.43. The lowest BCUT2D eigenvalue weighted by Gasteiger charge is -2.44. The van der Waals surface area contributed by atoms with Gasteiger partial charge in [0.2, 0.25) is 0 Å². The Balaban J connectivity index is 2.28. The molecule has 1 aromatic rings. The molecule has 0 amide bonds. The molecule has 1 saturated heterocycles. The Bertz CT molecular complexity index is 450. The van der Waals surface area contributed by atoms with Crippen molar-refractivity contribution in [3.05, 3.63) is 34.9 Å². The maximum Gasteiger partial charge on any atom is 0.0500 e. The van der Waals surface area contributed by atoms with Crippen molar-refractivity contribution in [1.82, 2.24) is 4.90 Å². The highest BCUT2D eigenvalue weighted by atomic mass is 35.5. The van der Waals surface area contributed by atoms with Gasteiger partial charge in [0, 0.05) is 34.7 Å². The average Bonchev–Trinajstić information content (AvgIpc) is 2.38. The summed E-state index contributed by atoms with van der Waals surface area (Å²) in [5.41, 5.74) is 7.67. The third-order valence-electron chi connectivity index (χ3n) is 3.92. The SMILES string of the molecule is CCC(N)C(c1cccc(Cl)c1)N1CCSC(C)(C)C1. The van der Waals surface area contributed by atoms with Crippen LogP contribution in [0.4, 0.5) is 0 Å². The van der Waals surface area contributed by atoms with Crippen LogP contribution in [-0.2, 0) is 0 Å². The summed E-state index contributed by atoms with van der Waals surface area (Å²) in [6.45, 7) is 8.96. The zero-order chi connectivity index (χ0) is 14.8. The van der Waals surface area contributed by atoms with E-state index in [1.54, 1.807) is 0 Å². The fourth-order valence-corrected chi connectivity index (χ4v) is 4.27. The molecule has 2 nitrogen and oxygen atoms in total. The molecular weight excluding hydrogens is 288 g/mol. The number of thioether (sulfide) groups is 1. The highest BCUT2D eigenvalue weighted by molar-refractivity contribution is 8.00. The van der Waals surface area contributed by atoms with Gasteiger partial charge in [0.15, 0.2) is 0 Å². The Morgan fingerprint density at radius 1 is 1.45 bits per heavy atom. The number of benzene rings is 1. The van der Waals surface area contributed by atoms with Crippen LogP contribution in [0.15, 0.2) is 24.3 Å². The van der Waals surface area contributed by atoms with E-state index in [1.807, 2.05) is 12.1 Å². The van der Waals surface area contributed by atoms with Crippen LogP contribution < -0.4 is 5.73 Å². The molecule has 2 unspecified atom stereocenters. The monoisotopic (exact) mass is 312 g/mol. The molecule has 4 heteroatoms. The van der Waals surface area contributed by atoms with Crippen molar-refractivity contribution in [2.75, 3.05) is 18.8 Å². The summed E-state index contributed by atoms with van der Waals surface area (Å²) in [5, 5.41) is 0.793. The van der Waals surface area contributed by atoms with Crippen molar-refractivity contribution in [2.45, 2.75) is 44.0 Å². The van der Waals surface area contributed by atoms with Crippen LogP contribution in [0, 0.1) is 0 Å². The van der Waals surface area contributed by atoms with Gasteiger partial charge in [0.25, 0.3) is 0 Å². The van der Waals surface area contributed by atoms with Crippen LogP contribution in [0.3, 0.4) is 0 Å². The number of nitrogens with two attached hydrogens (primary N) is 1. The summed E-state index contributed by atoms with van der Waals surface area (Å²) in [6.07, 6.45) is 0.973. The second-order valence-electron chi connectivity index (χ2n) is 6.15. The summed E-state index contributed by atoms with van der Waals surface area (Å²) in [7, 11) is 0. The molecule has 0 spiro atoms. The minimum absolute atomic E-state index is 0.146. The van der Waals surface area contributed by atoms with Crippen LogP contribution in [0.25, 0.3) is 0 Å². The molecule has 1 aliphatic rings. The van der Waals surface area contributed by atoms with Gasteiger partial charge >= 0.3 is 0 Å². The van der Waals surface area contributed by atoms with Crippen molar-refractivity contribution >= 4 is 23.4 Å². The van der Waals surface area contributed by atoms with Gasteiger partial charge in [-0.3, -0.25) is 4.90 Å². The van der Waals surface area contributed by atoms with E-state index in [2.05, 4.69) is 49.6 Å². The van der Waals surface area contributed by atoms with E-state index in [9.17, 15) is 0 Å². The molecule has 0 aromatic heterocycles. The van der Waals surface area contributed by atoms with Gasteiger partial charge in [-0.2, -0.15) is 11.8 Å². The van der Waals surface area contributed by atoms with Gasteiger partial charge < -0.3 is 5.73 Å². The van der Waals surface area contributed by atoms with E-state index >= 15 is 0 Å². The predicted octanol–water partition coefficient (Wildman–Crippen LogP) is 3.95. The molecular formula is C16H25ClN2S. The first-order valence-corrected chi connectivity index (χ1v) is 8.68. The number of halogens is 1. The van der Waals surface area contributed by atoms with Crippen molar-refractivity contribution < 1.29 is 0 Å². The average molecular weight is 313 g/mol. The first-order chi connectivity index (χ1) is 9.43. The zero-order valence-corrected chi connectivity index (χ0v) is 14.2. The fraction of sp³-hybridized carbons (Fsp3) is 0.625. The van der Waals surface area contributed by atoms with E-state index in [-0.39, 0.29) is 12.1 Å². The van der Waals surface area contributed by atoms with Crippen LogP contribution in [0.1, 0.15) is 38.8 Å². The first kappa shape index (κ1) is 16.2. The molecule has 20 heavy (non-hydrogen) atoms. The van der Waals surface area contributed by atoms with Crippen LogP contribution >= 0.6 is 23.4 Å². The van der Waals surface area contributed by atoms with Crippen LogP contribution in [0.5, 0.6) is 0 Å². The molecule has 0 aliphatic carbocycles. The number of hydrogen-bond acceptors (Lipinski definition) is 3. The molecule has 1 heterocycles. The molecule has 2 atom stereocenters. The quantitative estimate of drug-likeness (QED) is 0.913. The molecule has 0 radical (unpaired) electrons. The number of nitrogens with zero attached hydrogens (tertiary/aromatic N) is 1. The Labute approximate surface area is 132 Å². The Morgan fingerprint density at radius 3 is 2.80 bits per heavy atom. The lowest BCUT2D eigenvalue weighted by molar-refractivity contribution is 0.161. The van der Waals surface area contributed by atoms with E-state index < -0.39 is 0 Å². The highest BCUT2D eigenvalue weighted by Crippen LogP contribution is 2.36. The van der Waals surface area contributed by atoms with Crippen LogP contribution in [0.2, 0.25) is 5.02 Å². The van der Waals surface area contributed by atoms with Gasteiger partial charge in [0.05, 0.1) is 6.04 Å². The minimum Gasteiger partial charge on any atom is -0.326 e. The number of hydrogen-bond donors (Lipinski definition) is 1. The molecule has 1 aromatic carbocycles. The molecule has 2 N–H and O–H groups in total. The molecule has 112 valence electrons. The van der Waals surface area contributed by atoms with Crippen LogP contribution in [-0.4, -0.2) is 34.5 Å². The normalized spacial score (nSPS) is 22.4. The van der Waals surface area contributed by atoms with Crippen molar-refractivity contribution in [3.63, 3.8) is 0 Å². The molecule has 0 bridgehead atoms. The van der Waals surface area contributed by atoms with Crippen molar-refractivity contribution in [3.8, 4) is 0 Å². The summed E-state index contributed by atoms with van der Waals surface area (Å²) in [4.78, 5) is 2.54. The number of rotatable bonds is 4. The third kappa shape index (κ3) is 3.91. The summed E-state index contributed by atoms with van der Waals surface area (Å²) < 4.78 is 0.294. The molecule has 1 aliphatic heterocycles. The summed E-state index contributed by atoms with van der Waals surface area (Å²) >= 11 is 8.22. The second kappa shape index (κ2) is 6.69. The van der Waals surface area contributed by atoms with Crippen molar-refractivity contribution in [2.24, 2.45) is 5.73 Å². The van der Waals surface area contributed by atoms with Gasteiger partial charge in [0.1, 0.15) is 0 Å². The highest BCUT2D eigenvalue weighted by Gasteiger charge is 2.34. The second-order valence-corrected chi connectivity index (χ2v) is 8.39. The topological polar surface area (TPSA) is 29.3 Å². The van der Waals surface area contributed by atoms with Gasteiger partial charge in [-0.05, 0) is 38.0 Å². The molecule has 1 fully saturated rings. The fourth-order valence-electron chi connectivity index (χ4n) is 2.93. The van der Waals surface area contributed by atoms with Gasteiger partial charge in [-0.1, -0.05) is 30.7 Å². The molecule has 0 saturated carbocycles. The van der Waals surface area contributed by atoms with E-state index in [1.165, 1.54) is 11.3 Å². The van der Waals surface area contributed by atoms with E-state index in [4.69, 9.17) is 17.3 Å². The van der Waals surface area contributed by atoms with E-state index in [0.29, 0.717) is 4.75 Å². The minimum atomic E-state index is 0.146. The Hall–Kier alpha value is -0.220. The third-order valence-corrected chi connectivity index (χ3v) is 5.45. The molecule has 2 rings (SSSR count). The predicted molar refractivity (Wildman–Crippen MR) is 90.6 cm³/mol. The standard InChI is InChI=1S/C16H25ClN2S/c1-4-14(18)15(12-6-5-7-13(17)10-12)19-8-9-20-16(2,3)11-19/h5-7,10,14-15H,4,8-9,11,18H2,1-3H3. The lowest BCUT2D eigenvalue weighted by Crippen LogP contribution is -2.49. The summed E-state index contributed by atoms with van der Waals surface area (Å²) in [5.74, 6) is 1.17. The Morgan fingerprint density at radius 2 is 2.20 bits per heavy atom.